The first kappa shape index (κ1) is 35.3. The molecule has 2 N–H and O–H groups in total. The van der Waals surface area contributed by atoms with Crippen LogP contribution < -0.4 is 10.6 Å². The predicted molar refractivity (Wildman–Crippen MR) is 193 cm³/mol. The van der Waals surface area contributed by atoms with Crippen LogP contribution in [0.1, 0.15) is 48.1 Å². The van der Waals surface area contributed by atoms with Gasteiger partial charge in [0, 0.05) is 31.0 Å². The van der Waals surface area contributed by atoms with Gasteiger partial charge in [0.05, 0.1) is 19.1 Å². The summed E-state index contributed by atoms with van der Waals surface area (Å²) in [7, 11) is 1.31. The van der Waals surface area contributed by atoms with E-state index in [1.54, 1.807) is 35.0 Å². The lowest BCUT2D eigenvalue weighted by Gasteiger charge is -2.20. The van der Waals surface area contributed by atoms with Gasteiger partial charge >= 0.3 is 11.9 Å². The maximum Gasteiger partial charge on any atom is 0.337 e. The first-order valence-corrected chi connectivity index (χ1v) is 16.6. The van der Waals surface area contributed by atoms with Gasteiger partial charge in [0.25, 0.3) is 0 Å². The van der Waals surface area contributed by atoms with E-state index in [2.05, 4.69) is 34.9 Å². The van der Waals surface area contributed by atoms with Crippen molar-refractivity contribution in [3.8, 4) is 22.3 Å². The van der Waals surface area contributed by atoms with Crippen LogP contribution in [0.25, 0.3) is 22.3 Å². The van der Waals surface area contributed by atoms with Crippen LogP contribution >= 0.6 is 0 Å². The molecule has 0 bridgehead atoms. The van der Waals surface area contributed by atoms with Crippen molar-refractivity contribution in [1.82, 2.24) is 9.88 Å². The molecule has 1 aromatic heterocycles. The van der Waals surface area contributed by atoms with Crippen LogP contribution in [-0.2, 0) is 30.5 Å². The highest BCUT2D eigenvalue weighted by Crippen LogP contribution is 2.27. The molecule has 0 saturated carbocycles. The van der Waals surface area contributed by atoms with Gasteiger partial charge in [-0.3, -0.25) is 14.4 Å². The van der Waals surface area contributed by atoms with Crippen molar-refractivity contribution in [2.45, 2.75) is 38.8 Å². The summed E-state index contributed by atoms with van der Waals surface area (Å²) < 4.78 is 12.0. The molecule has 1 unspecified atom stereocenters. The Morgan fingerprint density at radius 3 is 2.02 bits per heavy atom. The molecule has 2 amide bonds. The number of amides is 2. The Balaban J connectivity index is 1.19. The topological polar surface area (TPSA) is 116 Å². The predicted octanol–water partition coefficient (Wildman–Crippen LogP) is 7.45. The number of aromatic nitrogens is 1. The summed E-state index contributed by atoms with van der Waals surface area (Å²) in [4.78, 5) is 50.8. The van der Waals surface area contributed by atoms with Crippen molar-refractivity contribution in [3.63, 3.8) is 0 Å². The monoisotopic (exact) mass is 671 g/mol. The molecule has 0 aliphatic heterocycles. The highest BCUT2D eigenvalue weighted by atomic mass is 16.5. The summed E-state index contributed by atoms with van der Waals surface area (Å²) in [6.45, 7) is 2.40. The largest absolute Gasteiger partial charge is 0.465 e. The second kappa shape index (κ2) is 17.4. The number of nitrogens with one attached hydrogen (secondary N) is 2. The van der Waals surface area contributed by atoms with Gasteiger partial charge in [0.15, 0.2) is 0 Å². The van der Waals surface area contributed by atoms with E-state index in [0.29, 0.717) is 24.2 Å². The molecular formula is C41H41N3O6. The van der Waals surface area contributed by atoms with Gasteiger partial charge in [0.1, 0.15) is 12.6 Å². The third kappa shape index (κ3) is 10.0. The second-order valence-electron chi connectivity index (χ2n) is 12.2. The van der Waals surface area contributed by atoms with Crippen LogP contribution in [0.4, 0.5) is 5.69 Å². The number of hydrogen-bond acceptors (Lipinski definition) is 6. The number of carbonyl (C=O) groups is 4. The Labute approximate surface area is 292 Å². The number of hydrogen-bond donors (Lipinski definition) is 2. The summed E-state index contributed by atoms with van der Waals surface area (Å²) in [5, 5.41) is 5.81. The smallest absolute Gasteiger partial charge is 0.337 e. The molecule has 5 rings (SSSR count). The Morgan fingerprint density at radius 2 is 1.36 bits per heavy atom. The molecular weight excluding hydrogens is 630 g/mol. The van der Waals surface area contributed by atoms with E-state index in [4.69, 9.17) is 9.47 Å². The number of ether oxygens (including phenoxy) is 2. The maximum absolute atomic E-state index is 13.6. The first-order chi connectivity index (χ1) is 24.3. The van der Waals surface area contributed by atoms with Crippen LogP contribution in [0.5, 0.6) is 0 Å². The molecule has 0 saturated heterocycles. The molecule has 256 valence electrons. The van der Waals surface area contributed by atoms with E-state index in [0.717, 1.165) is 27.8 Å². The van der Waals surface area contributed by atoms with E-state index in [9.17, 15) is 19.2 Å². The molecule has 2 atom stereocenters. The van der Waals surface area contributed by atoms with Gasteiger partial charge in [-0.1, -0.05) is 91.9 Å². The maximum atomic E-state index is 13.6. The van der Waals surface area contributed by atoms with Crippen molar-refractivity contribution in [2.75, 3.05) is 19.0 Å². The van der Waals surface area contributed by atoms with Crippen molar-refractivity contribution in [2.24, 2.45) is 5.92 Å². The quantitative estimate of drug-likeness (QED) is 0.112. The Kier molecular flexibility index (Phi) is 12.3. The lowest BCUT2D eigenvalue weighted by atomic mass is 10.0. The van der Waals surface area contributed by atoms with Crippen molar-refractivity contribution < 1.29 is 28.7 Å². The van der Waals surface area contributed by atoms with Gasteiger partial charge in [-0.15, -0.1) is 0 Å². The SMILES string of the molecule is COC(=O)c1ccc(NC(=O)CCC(C)CNC(=O)[C@@H](CC(=O)OCc2ccccc2)n2ccc(-c3ccc(-c4ccccc4)cc3)c2)cc1. The van der Waals surface area contributed by atoms with Crippen molar-refractivity contribution in [1.29, 1.82) is 0 Å². The molecule has 9 nitrogen and oxygen atoms in total. The van der Waals surface area contributed by atoms with Crippen LogP contribution in [0.2, 0.25) is 0 Å². The fourth-order valence-electron chi connectivity index (χ4n) is 5.45. The third-order valence-electron chi connectivity index (χ3n) is 8.38. The fraction of sp³-hybridized carbons (Fsp3) is 0.220. The minimum absolute atomic E-state index is 0.0135. The minimum Gasteiger partial charge on any atom is -0.465 e. The number of rotatable bonds is 15. The van der Waals surface area contributed by atoms with Crippen LogP contribution in [0.15, 0.2) is 128 Å². The van der Waals surface area contributed by atoms with E-state index in [1.807, 2.05) is 79.9 Å². The number of benzene rings is 4. The number of nitrogens with zero attached hydrogens (tertiary/aromatic N) is 1. The van der Waals surface area contributed by atoms with Gasteiger partial charge in [-0.25, -0.2) is 4.79 Å². The Morgan fingerprint density at radius 1 is 0.740 bits per heavy atom. The summed E-state index contributed by atoms with van der Waals surface area (Å²) >= 11 is 0. The summed E-state index contributed by atoms with van der Waals surface area (Å²) in [5.41, 5.74) is 5.97. The first-order valence-electron chi connectivity index (χ1n) is 16.6. The molecule has 0 fully saturated rings. The van der Waals surface area contributed by atoms with Gasteiger partial charge in [-0.05, 0) is 70.5 Å². The summed E-state index contributed by atoms with van der Waals surface area (Å²) in [5.74, 6) is -1.44. The lowest BCUT2D eigenvalue weighted by molar-refractivity contribution is -0.147. The Hall–Kier alpha value is -5.96. The number of anilines is 1. The molecule has 1 heterocycles. The van der Waals surface area contributed by atoms with Gasteiger partial charge in [-0.2, -0.15) is 0 Å². The van der Waals surface area contributed by atoms with E-state index >= 15 is 0 Å². The molecule has 9 heteroatoms. The summed E-state index contributed by atoms with van der Waals surface area (Å²) in [6, 6.07) is 35.3. The molecule has 50 heavy (non-hydrogen) atoms. The van der Waals surface area contributed by atoms with E-state index < -0.39 is 18.0 Å². The van der Waals surface area contributed by atoms with E-state index in [-0.39, 0.29) is 37.2 Å². The molecule has 0 spiro atoms. The van der Waals surface area contributed by atoms with Crippen LogP contribution in [-0.4, -0.2) is 42.0 Å². The number of carbonyl (C=O) groups excluding carboxylic acids is 4. The van der Waals surface area contributed by atoms with E-state index in [1.165, 1.54) is 7.11 Å². The number of esters is 2. The summed E-state index contributed by atoms with van der Waals surface area (Å²) in [6.07, 6.45) is 4.31. The highest BCUT2D eigenvalue weighted by Gasteiger charge is 2.25. The standard InChI is InChI=1S/C41H41N3O6/c1-29(13-22-38(45)43-36-20-18-34(19-21-36)41(48)49-2)26-42-40(47)37(25-39(46)50-28-30-9-5-3-6-10-30)44-24-23-35(27-44)33-16-14-32(15-17-33)31-11-7-4-8-12-31/h3-12,14-21,23-24,27,29,37H,13,22,25-26,28H2,1-2H3,(H,42,47)(H,43,45)/t29?,37-/m1/s1. The normalized spacial score (nSPS) is 12.0. The zero-order valence-electron chi connectivity index (χ0n) is 28.2. The molecule has 0 radical (unpaired) electrons. The molecule has 0 aliphatic carbocycles. The second-order valence-corrected chi connectivity index (χ2v) is 12.2. The zero-order chi connectivity index (χ0) is 35.3. The van der Waals surface area contributed by atoms with Crippen LogP contribution in [0.3, 0.4) is 0 Å². The fourth-order valence-corrected chi connectivity index (χ4v) is 5.45. The molecule has 4 aromatic carbocycles. The lowest BCUT2D eigenvalue weighted by Crippen LogP contribution is -2.36. The van der Waals surface area contributed by atoms with Gasteiger partial charge in [0.2, 0.25) is 11.8 Å². The zero-order valence-corrected chi connectivity index (χ0v) is 28.2. The third-order valence-corrected chi connectivity index (χ3v) is 8.38. The average molecular weight is 672 g/mol. The molecule has 5 aromatic rings. The molecule has 0 aliphatic rings. The van der Waals surface area contributed by atoms with Gasteiger partial charge < -0.3 is 24.7 Å². The number of methoxy groups -OCH3 is 1. The van der Waals surface area contributed by atoms with Crippen molar-refractivity contribution in [3.05, 3.63) is 139 Å². The van der Waals surface area contributed by atoms with Crippen LogP contribution in [0, 0.1) is 5.92 Å². The Bertz CT molecular complexity index is 1870. The highest BCUT2D eigenvalue weighted by molar-refractivity contribution is 5.93. The minimum atomic E-state index is -0.834. The average Bonchev–Trinajstić information content (AvgIpc) is 3.65. The van der Waals surface area contributed by atoms with Crippen molar-refractivity contribution >= 4 is 29.4 Å².